The molecule has 0 spiro atoms. The van der Waals surface area contributed by atoms with E-state index in [4.69, 9.17) is 19.3 Å². The topological polar surface area (TPSA) is 85.2 Å². The third-order valence-corrected chi connectivity index (χ3v) is 4.15. The highest BCUT2D eigenvalue weighted by molar-refractivity contribution is 5.66. The van der Waals surface area contributed by atoms with Gasteiger partial charge in [-0.3, -0.25) is 4.79 Å². The minimum absolute atomic E-state index is 0.0240. The van der Waals surface area contributed by atoms with Crippen molar-refractivity contribution in [2.75, 3.05) is 6.61 Å². The van der Waals surface area contributed by atoms with Gasteiger partial charge in [0.2, 0.25) is 0 Å². The molecule has 21 heavy (non-hydrogen) atoms. The summed E-state index contributed by atoms with van der Waals surface area (Å²) in [6.07, 6.45) is 4.03. The van der Waals surface area contributed by atoms with E-state index >= 15 is 0 Å². The van der Waals surface area contributed by atoms with Crippen molar-refractivity contribution in [3.8, 4) is 0 Å². The van der Waals surface area contributed by atoms with E-state index in [1.165, 1.54) is 0 Å². The summed E-state index contributed by atoms with van der Waals surface area (Å²) in [5, 5.41) is 18.0. The molecule has 2 N–H and O–H groups in total. The first-order chi connectivity index (χ1) is 9.93. The second-order valence-electron chi connectivity index (χ2n) is 6.34. The highest BCUT2D eigenvalue weighted by Gasteiger charge is 2.53. The summed E-state index contributed by atoms with van der Waals surface area (Å²) < 4.78 is 17.3. The highest BCUT2D eigenvalue weighted by Crippen LogP contribution is 2.42. The smallest absolute Gasteiger partial charge is 0.303 e. The molecule has 122 valence electrons. The first-order valence-electron chi connectivity index (χ1n) is 7.77. The van der Waals surface area contributed by atoms with Crippen LogP contribution in [0.15, 0.2) is 0 Å². The van der Waals surface area contributed by atoms with Gasteiger partial charge in [0.05, 0.1) is 12.7 Å². The van der Waals surface area contributed by atoms with Crippen molar-refractivity contribution >= 4 is 5.97 Å². The van der Waals surface area contributed by atoms with Gasteiger partial charge in [0.15, 0.2) is 12.1 Å². The van der Waals surface area contributed by atoms with E-state index in [0.717, 1.165) is 32.1 Å². The lowest BCUT2D eigenvalue weighted by atomic mass is 9.92. The number of carboxylic acid groups (broad SMARTS) is 1. The van der Waals surface area contributed by atoms with Crippen molar-refractivity contribution in [3.63, 3.8) is 0 Å². The molecular weight excluding hydrogens is 276 g/mol. The SMILES string of the molecule is CC1(C)O[C@H]2O[C@H](CO)[C@@H](CCCCCCC(=O)O)[C@H]2O1. The maximum Gasteiger partial charge on any atom is 0.303 e. The van der Waals surface area contributed by atoms with Gasteiger partial charge in [-0.15, -0.1) is 0 Å². The zero-order valence-corrected chi connectivity index (χ0v) is 12.8. The molecular formula is C15H26O6. The van der Waals surface area contributed by atoms with Crippen molar-refractivity contribution in [3.05, 3.63) is 0 Å². The van der Waals surface area contributed by atoms with Gasteiger partial charge in [-0.2, -0.15) is 0 Å². The monoisotopic (exact) mass is 302 g/mol. The Labute approximate surface area is 125 Å². The molecule has 2 heterocycles. The van der Waals surface area contributed by atoms with E-state index in [-0.39, 0.29) is 37.4 Å². The van der Waals surface area contributed by atoms with Crippen LogP contribution in [0.3, 0.4) is 0 Å². The summed E-state index contributed by atoms with van der Waals surface area (Å²) in [5.41, 5.74) is 0. The Balaban J connectivity index is 1.74. The third kappa shape index (κ3) is 4.39. The number of carbonyl (C=O) groups is 1. The van der Waals surface area contributed by atoms with Gasteiger partial charge in [-0.25, -0.2) is 0 Å². The standard InChI is InChI=1S/C15H26O6/c1-15(2)20-13-10(11(9-16)19-14(13)21-15)7-5-3-4-6-8-12(17)18/h10-11,13-14,16H,3-9H2,1-2H3,(H,17,18)/t10-,11-,13-,14-/m1/s1. The Morgan fingerprint density at radius 2 is 1.86 bits per heavy atom. The van der Waals surface area contributed by atoms with Crippen LogP contribution in [0, 0.1) is 5.92 Å². The number of rotatable bonds is 8. The maximum atomic E-state index is 10.4. The lowest BCUT2D eigenvalue weighted by Gasteiger charge is -2.24. The highest BCUT2D eigenvalue weighted by atomic mass is 16.8. The van der Waals surface area contributed by atoms with Crippen molar-refractivity contribution in [1.29, 1.82) is 0 Å². The van der Waals surface area contributed by atoms with Crippen LogP contribution in [-0.2, 0) is 19.0 Å². The van der Waals surface area contributed by atoms with Crippen LogP contribution >= 0.6 is 0 Å². The molecule has 2 rings (SSSR count). The number of carboxylic acids is 1. The molecule has 0 bridgehead atoms. The second-order valence-corrected chi connectivity index (χ2v) is 6.34. The number of aliphatic hydroxyl groups is 1. The molecule has 0 amide bonds. The van der Waals surface area contributed by atoms with Crippen LogP contribution in [0.4, 0.5) is 0 Å². The van der Waals surface area contributed by atoms with Gasteiger partial charge in [0, 0.05) is 12.3 Å². The van der Waals surface area contributed by atoms with Crippen molar-refractivity contribution in [2.45, 2.75) is 76.7 Å². The lowest BCUT2D eigenvalue weighted by molar-refractivity contribution is -0.213. The second kappa shape index (κ2) is 7.05. The Morgan fingerprint density at radius 1 is 1.14 bits per heavy atom. The molecule has 2 aliphatic rings. The van der Waals surface area contributed by atoms with Gasteiger partial charge in [0.25, 0.3) is 0 Å². The molecule has 0 aromatic heterocycles. The van der Waals surface area contributed by atoms with E-state index in [0.29, 0.717) is 0 Å². The number of aliphatic hydroxyl groups excluding tert-OH is 1. The molecule has 0 aromatic carbocycles. The molecule has 2 saturated heterocycles. The number of unbranched alkanes of at least 4 members (excludes halogenated alkanes) is 3. The predicted octanol–water partition coefficient (Wildman–Crippen LogP) is 1.90. The summed E-state index contributed by atoms with van der Waals surface area (Å²) in [7, 11) is 0. The molecule has 0 radical (unpaired) electrons. The molecule has 2 fully saturated rings. The largest absolute Gasteiger partial charge is 0.481 e. The van der Waals surface area contributed by atoms with Gasteiger partial charge in [-0.1, -0.05) is 19.3 Å². The Hall–Kier alpha value is -0.690. The Bertz CT molecular complexity index is 356. The first kappa shape index (κ1) is 16.7. The van der Waals surface area contributed by atoms with Gasteiger partial charge < -0.3 is 24.4 Å². The summed E-state index contributed by atoms with van der Waals surface area (Å²) in [4.78, 5) is 10.4. The first-order valence-corrected chi connectivity index (χ1v) is 7.77. The van der Waals surface area contributed by atoms with Crippen molar-refractivity contribution in [2.24, 2.45) is 5.92 Å². The molecule has 0 aliphatic carbocycles. The predicted molar refractivity (Wildman–Crippen MR) is 74.6 cm³/mol. The summed E-state index contributed by atoms with van der Waals surface area (Å²) >= 11 is 0. The van der Waals surface area contributed by atoms with Crippen LogP contribution in [0.1, 0.15) is 52.4 Å². The molecule has 6 nitrogen and oxygen atoms in total. The summed E-state index contributed by atoms with van der Waals surface area (Å²) in [6, 6.07) is 0. The number of ether oxygens (including phenoxy) is 3. The minimum atomic E-state index is -0.735. The zero-order valence-electron chi connectivity index (χ0n) is 12.8. The Kier molecular flexibility index (Phi) is 5.60. The van der Waals surface area contributed by atoms with E-state index in [9.17, 15) is 9.90 Å². The average molecular weight is 302 g/mol. The molecule has 4 atom stereocenters. The van der Waals surface area contributed by atoms with E-state index < -0.39 is 11.8 Å². The average Bonchev–Trinajstić information content (AvgIpc) is 2.85. The number of aliphatic carboxylic acids is 1. The van der Waals surface area contributed by atoms with E-state index in [1.807, 2.05) is 13.8 Å². The van der Waals surface area contributed by atoms with Crippen molar-refractivity contribution in [1.82, 2.24) is 0 Å². The number of hydrogen-bond acceptors (Lipinski definition) is 5. The summed E-state index contributed by atoms with van der Waals surface area (Å²) in [5.74, 6) is -1.22. The van der Waals surface area contributed by atoms with Gasteiger partial charge in [0.1, 0.15) is 6.10 Å². The van der Waals surface area contributed by atoms with Crippen LogP contribution < -0.4 is 0 Å². The van der Waals surface area contributed by atoms with Crippen LogP contribution in [-0.4, -0.2) is 47.1 Å². The van der Waals surface area contributed by atoms with Crippen LogP contribution in [0.2, 0.25) is 0 Å². The van der Waals surface area contributed by atoms with Gasteiger partial charge >= 0.3 is 5.97 Å². The quantitative estimate of drug-likeness (QED) is 0.666. The van der Waals surface area contributed by atoms with Crippen LogP contribution in [0.5, 0.6) is 0 Å². The van der Waals surface area contributed by atoms with E-state index in [1.54, 1.807) is 0 Å². The number of fused-ring (bicyclic) bond motifs is 1. The maximum absolute atomic E-state index is 10.4. The molecule has 0 unspecified atom stereocenters. The third-order valence-electron chi connectivity index (χ3n) is 4.15. The fourth-order valence-electron chi connectivity index (χ4n) is 3.18. The summed E-state index contributed by atoms with van der Waals surface area (Å²) in [6.45, 7) is 3.71. The normalized spacial score (nSPS) is 34.0. The molecule has 2 aliphatic heterocycles. The van der Waals surface area contributed by atoms with Crippen molar-refractivity contribution < 1.29 is 29.2 Å². The number of hydrogen-bond donors (Lipinski definition) is 2. The zero-order chi connectivity index (χ0) is 15.5. The van der Waals surface area contributed by atoms with Gasteiger partial charge in [-0.05, 0) is 26.7 Å². The molecule has 6 heteroatoms. The fourth-order valence-corrected chi connectivity index (χ4v) is 3.18. The van der Waals surface area contributed by atoms with E-state index in [2.05, 4.69) is 0 Å². The van der Waals surface area contributed by atoms with Crippen LogP contribution in [0.25, 0.3) is 0 Å². The Morgan fingerprint density at radius 3 is 2.52 bits per heavy atom. The fraction of sp³-hybridized carbons (Fsp3) is 0.933. The molecule has 0 saturated carbocycles. The molecule has 0 aromatic rings. The lowest BCUT2D eigenvalue weighted by Crippen LogP contribution is -2.31. The minimum Gasteiger partial charge on any atom is -0.481 e.